The van der Waals surface area contributed by atoms with Crippen molar-refractivity contribution >= 4 is 41.6 Å². The topological polar surface area (TPSA) is 108 Å². The van der Waals surface area contributed by atoms with Crippen LogP contribution in [0.3, 0.4) is 0 Å². The zero-order valence-electron chi connectivity index (χ0n) is 30.5. The van der Waals surface area contributed by atoms with Crippen molar-refractivity contribution in [2.75, 3.05) is 37.5 Å². The zero-order chi connectivity index (χ0) is 36.1. The van der Waals surface area contributed by atoms with E-state index in [1.54, 1.807) is 6.07 Å². The molecule has 6 atom stereocenters. The van der Waals surface area contributed by atoms with Gasteiger partial charge in [0.2, 0.25) is 10.0 Å². The van der Waals surface area contributed by atoms with Crippen LogP contribution in [0.2, 0.25) is 23.2 Å². The molecular formula is C39H55ClN2O6SSi. The average molecular weight is 743 g/mol. The van der Waals surface area contributed by atoms with Crippen LogP contribution in [0.5, 0.6) is 5.75 Å². The van der Waals surface area contributed by atoms with E-state index < -0.39 is 18.3 Å². The Labute approximate surface area is 305 Å². The summed E-state index contributed by atoms with van der Waals surface area (Å²) < 4.78 is 42.7. The average Bonchev–Trinajstić information content (AvgIpc) is 3.16. The number of halogens is 1. The van der Waals surface area contributed by atoms with E-state index in [1.165, 1.54) is 18.2 Å². The molecule has 3 aliphatic carbocycles. The van der Waals surface area contributed by atoms with Gasteiger partial charge in [-0.1, -0.05) is 50.6 Å². The van der Waals surface area contributed by atoms with Crippen molar-refractivity contribution in [3.05, 3.63) is 70.3 Å². The number of hydrogen-bond donors (Lipinski definition) is 1. The monoisotopic (exact) mass is 742 g/mol. The predicted molar refractivity (Wildman–Crippen MR) is 203 cm³/mol. The summed E-state index contributed by atoms with van der Waals surface area (Å²) in [6.45, 7) is 13.6. The minimum atomic E-state index is -3.52. The molecule has 0 saturated heterocycles. The molecule has 0 amide bonds. The lowest BCUT2D eigenvalue weighted by Gasteiger charge is -2.48. The quantitative estimate of drug-likeness (QED) is 0.150. The minimum absolute atomic E-state index is 0.0307. The normalized spacial score (nSPS) is 27.4. The first-order valence-electron chi connectivity index (χ1n) is 18.2. The largest absolute Gasteiger partial charge is 0.490 e. The third kappa shape index (κ3) is 7.84. The van der Waals surface area contributed by atoms with Crippen LogP contribution in [0.25, 0.3) is 0 Å². The summed E-state index contributed by atoms with van der Waals surface area (Å²) >= 11 is 6.48. The van der Waals surface area contributed by atoms with E-state index in [0.29, 0.717) is 24.0 Å². The SMILES string of the molecule is COC(=O)c1ccc2c(c1)N(C[C@@H]1CC[C@H]1[C@H](/C=C\[C@@H]1CC[C@H]1CS(N)(=O)=O)O[Si](C)(C)C(C)(C)C)CC1(CCCc3cc(Cl)ccc31)CO2. The first-order valence-corrected chi connectivity index (χ1v) is 23.2. The van der Waals surface area contributed by atoms with Crippen molar-refractivity contribution < 1.29 is 27.1 Å². The number of hydrogen-bond acceptors (Lipinski definition) is 7. The number of sulfonamides is 1. The number of anilines is 1. The molecule has 1 aliphatic heterocycles. The maximum Gasteiger partial charge on any atom is 0.337 e. The van der Waals surface area contributed by atoms with Crippen molar-refractivity contribution in [1.29, 1.82) is 0 Å². The van der Waals surface area contributed by atoms with Gasteiger partial charge in [0.25, 0.3) is 0 Å². The van der Waals surface area contributed by atoms with E-state index in [2.05, 4.69) is 63.0 Å². The van der Waals surface area contributed by atoms with Gasteiger partial charge in [0, 0.05) is 23.5 Å². The zero-order valence-corrected chi connectivity index (χ0v) is 33.1. The summed E-state index contributed by atoms with van der Waals surface area (Å²) in [6, 6.07) is 11.9. The first kappa shape index (κ1) is 37.4. The van der Waals surface area contributed by atoms with Crippen LogP contribution in [0.15, 0.2) is 48.6 Å². The number of carbonyl (C=O) groups excluding carboxylic acids is 1. The van der Waals surface area contributed by atoms with Gasteiger partial charge >= 0.3 is 5.97 Å². The smallest absolute Gasteiger partial charge is 0.337 e. The van der Waals surface area contributed by atoms with E-state index in [4.69, 9.17) is 30.6 Å². The second-order valence-corrected chi connectivity index (χ2v) is 23.7. The second-order valence-electron chi connectivity index (χ2n) is 16.8. The molecule has 2 fully saturated rings. The molecule has 0 radical (unpaired) electrons. The third-order valence-electron chi connectivity index (χ3n) is 12.5. The van der Waals surface area contributed by atoms with Crippen LogP contribution < -0.4 is 14.8 Å². The van der Waals surface area contributed by atoms with Crippen molar-refractivity contribution in [2.24, 2.45) is 28.8 Å². The summed E-state index contributed by atoms with van der Waals surface area (Å²) in [5, 5.41) is 6.23. The molecule has 50 heavy (non-hydrogen) atoms. The molecule has 2 aromatic carbocycles. The Morgan fingerprint density at radius 2 is 1.90 bits per heavy atom. The summed E-state index contributed by atoms with van der Waals surface area (Å²) in [5.41, 5.74) is 3.81. The van der Waals surface area contributed by atoms with Gasteiger partial charge < -0.3 is 18.8 Å². The highest BCUT2D eigenvalue weighted by atomic mass is 35.5. The molecular weight excluding hydrogens is 688 g/mol. The number of nitrogens with two attached hydrogens (primary N) is 1. The Balaban J connectivity index is 1.32. The summed E-state index contributed by atoms with van der Waals surface area (Å²) in [4.78, 5) is 15.2. The van der Waals surface area contributed by atoms with Crippen LogP contribution in [0.4, 0.5) is 5.69 Å². The molecule has 2 saturated carbocycles. The number of methoxy groups -OCH3 is 1. The fraction of sp³-hybridized carbons (Fsp3) is 0.615. The molecule has 2 N–H and O–H groups in total. The Bertz CT molecular complexity index is 1730. The number of primary sulfonamides is 1. The number of ether oxygens (including phenoxy) is 2. The number of fused-ring (bicyclic) bond motifs is 3. The van der Waals surface area contributed by atoms with Crippen LogP contribution in [-0.2, 0) is 31.0 Å². The fourth-order valence-electron chi connectivity index (χ4n) is 8.29. The summed E-state index contributed by atoms with van der Waals surface area (Å²) in [6.07, 6.45) is 11.5. The second kappa shape index (κ2) is 14.2. The van der Waals surface area contributed by atoms with Gasteiger partial charge in [0.15, 0.2) is 8.32 Å². The highest BCUT2D eigenvalue weighted by Crippen LogP contribution is 2.48. The summed E-state index contributed by atoms with van der Waals surface area (Å²) in [7, 11) is -4.25. The highest BCUT2D eigenvalue weighted by Gasteiger charge is 2.47. The van der Waals surface area contributed by atoms with E-state index in [-0.39, 0.29) is 40.1 Å². The van der Waals surface area contributed by atoms with Crippen molar-refractivity contribution in [1.82, 2.24) is 0 Å². The number of carbonyl (C=O) groups is 1. The van der Waals surface area contributed by atoms with E-state index >= 15 is 0 Å². The van der Waals surface area contributed by atoms with Gasteiger partial charge in [-0.2, -0.15) is 0 Å². The van der Waals surface area contributed by atoms with Crippen LogP contribution >= 0.6 is 11.6 Å². The molecule has 0 aromatic heterocycles. The molecule has 0 bridgehead atoms. The molecule has 1 heterocycles. The lowest BCUT2D eigenvalue weighted by molar-refractivity contribution is 0.0519. The van der Waals surface area contributed by atoms with Crippen molar-refractivity contribution in [3.63, 3.8) is 0 Å². The molecule has 274 valence electrons. The summed E-state index contributed by atoms with van der Waals surface area (Å²) in [5.74, 6) is 1.37. The minimum Gasteiger partial charge on any atom is -0.490 e. The van der Waals surface area contributed by atoms with Gasteiger partial charge in [-0.05, 0) is 128 Å². The van der Waals surface area contributed by atoms with Gasteiger partial charge in [-0.15, -0.1) is 0 Å². The van der Waals surface area contributed by atoms with E-state index in [0.717, 1.165) is 74.5 Å². The number of nitrogens with zero attached hydrogens (tertiary/aromatic N) is 1. The van der Waals surface area contributed by atoms with Crippen LogP contribution in [0.1, 0.15) is 80.8 Å². The lowest BCUT2D eigenvalue weighted by atomic mass is 9.68. The van der Waals surface area contributed by atoms with Gasteiger partial charge in [-0.3, -0.25) is 0 Å². The van der Waals surface area contributed by atoms with E-state index in [9.17, 15) is 13.2 Å². The maximum atomic E-state index is 12.7. The maximum absolute atomic E-state index is 12.7. The Kier molecular flexibility index (Phi) is 10.6. The van der Waals surface area contributed by atoms with Crippen molar-refractivity contribution in [3.8, 4) is 5.75 Å². The molecule has 6 rings (SSSR count). The number of aryl methyl sites for hydroxylation is 1. The number of allylic oxidation sites excluding steroid dienone is 1. The fourth-order valence-corrected chi connectivity index (χ4v) is 10.8. The van der Waals surface area contributed by atoms with Crippen LogP contribution in [0, 0.1) is 23.7 Å². The van der Waals surface area contributed by atoms with Crippen LogP contribution in [-0.4, -0.2) is 61.4 Å². The number of rotatable bonds is 10. The van der Waals surface area contributed by atoms with Gasteiger partial charge in [-0.25, -0.2) is 18.4 Å². The molecule has 8 nitrogen and oxygen atoms in total. The first-order chi connectivity index (χ1) is 23.5. The molecule has 2 aromatic rings. The lowest BCUT2D eigenvalue weighted by Crippen LogP contribution is -2.52. The molecule has 1 unspecified atom stereocenters. The predicted octanol–water partition coefficient (Wildman–Crippen LogP) is 7.89. The van der Waals surface area contributed by atoms with Crippen molar-refractivity contribution in [2.45, 2.75) is 95.4 Å². The molecule has 11 heteroatoms. The number of benzene rings is 2. The number of esters is 1. The standard InChI is InChI=1S/C39H55ClN2O6SSi/c1-38(2,3)50(5,6)48-35(17-12-26-9-10-30(26)23-49(41,44)45)32-15-11-29(32)22-42-24-39(19-7-8-27-20-31(40)14-16-33(27)39)25-47-36-18-13-28(21-34(36)42)37(43)46-4/h12-14,16-18,20-21,26,29-30,32,35H,7-11,15,19,22-25H2,1-6H3,(H2,41,44,45)/b17-12-/t26-,29-,30-,32+,35-,39?/m0/s1. The van der Waals surface area contributed by atoms with Gasteiger partial charge in [0.05, 0.1) is 36.8 Å². The Morgan fingerprint density at radius 1 is 1.14 bits per heavy atom. The molecule has 4 aliphatic rings. The highest BCUT2D eigenvalue weighted by molar-refractivity contribution is 7.89. The van der Waals surface area contributed by atoms with Gasteiger partial charge in [0.1, 0.15) is 5.75 Å². The third-order valence-corrected chi connectivity index (χ3v) is 18.1. The Hall–Kier alpha value is -2.37. The molecule has 1 spiro atoms. The Morgan fingerprint density at radius 3 is 2.54 bits per heavy atom. The van der Waals surface area contributed by atoms with E-state index in [1.807, 2.05) is 18.2 Å².